The fraction of sp³-hybridized carbons (Fsp3) is 0.933. The summed E-state index contributed by atoms with van der Waals surface area (Å²) < 4.78 is 0. The van der Waals surface area contributed by atoms with Crippen molar-refractivity contribution in [3.63, 3.8) is 0 Å². The Bertz CT molecular complexity index is 340. The number of carboxylic acid groups (broad SMARTS) is 1. The van der Waals surface area contributed by atoms with Gasteiger partial charge in [-0.25, -0.2) is 0 Å². The van der Waals surface area contributed by atoms with E-state index < -0.39 is 11.6 Å². The predicted octanol–water partition coefficient (Wildman–Crippen LogP) is 1.06. The Labute approximate surface area is 121 Å². The van der Waals surface area contributed by atoms with Gasteiger partial charge in [-0.05, 0) is 59.0 Å². The van der Waals surface area contributed by atoms with Crippen LogP contribution in [0.1, 0.15) is 45.4 Å². The fourth-order valence-electron chi connectivity index (χ4n) is 3.39. The highest BCUT2D eigenvalue weighted by atomic mass is 16.4. The van der Waals surface area contributed by atoms with Gasteiger partial charge in [-0.1, -0.05) is 0 Å². The maximum atomic E-state index is 10.9. The molecule has 1 heterocycles. The van der Waals surface area contributed by atoms with Gasteiger partial charge in [0.1, 0.15) is 0 Å². The van der Waals surface area contributed by atoms with Crippen molar-refractivity contribution in [3.05, 3.63) is 0 Å². The van der Waals surface area contributed by atoms with Crippen LogP contribution in [0.15, 0.2) is 0 Å². The molecular formula is C15H28N2O3. The number of hydrogen-bond donors (Lipinski definition) is 3. The second-order valence-electron chi connectivity index (χ2n) is 6.77. The number of likely N-dealkylation sites (tertiary alicyclic amines) is 1. The third-order valence-corrected chi connectivity index (χ3v) is 5.19. The highest BCUT2D eigenvalue weighted by Gasteiger charge is 2.36. The predicted molar refractivity (Wildman–Crippen MR) is 77.7 cm³/mol. The zero-order valence-corrected chi connectivity index (χ0v) is 12.6. The Kier molecular flexibility index (Phi) is 5.04. The molecular weight excluding hydrogens is 256 g/mol. The van der Waals surface area contributed by atoms with E-state index in [1.807, 2.05) is 0 Å². The fourth-order valence-corrected chi connectivity index (χ4v) is 3.39. The Morgan fingerprint density at radius 1 is 1.35 bits per heavy atom. The van der Waals surface area contributed by atoms with Crippen LogP contribution in [0.3, 0.4) is 0 Å². The van der Waals surface area contributed by atoms with Crippen LogP contribution in [0.4, 0.5) is 0 Å². The van der Waals surface area contributed by atoms with E-state index in [0.29, 0.717) is 44.3 Å². The summed E-state index contributed by atoms with van der Waals surface area (Å²) in [6.45, 7) is 3.93. The third kappa shape index (κ3) is 3.93. The Morgan fingerprint density at radius 2 is 2.00 bits per heavy atom. The molecule has 2 atom stereocenters. The van der Waals surface area contributed by atoms with E-state index in [4.69, 9.17) is 5.11 Å². The Morgan fingerprint density at radius 3 is 2.55 bits per heavy atom. The van der Waals surface area contributed by atoms with Crippen LogP contribution in [0.5, 0.6) is 0 Å². The molecule has 2 rings (SSSR count). The molecule has 5 heteroatoms. The normalized spacial score (nSPS) is 39.6. The first-order valence-electron chi connectivity index (χ1n) is 7.78. The zero-order valence-electron chi connectivity index (χ0n) is 12.6. The van der Waals surface area contributed by atoms with E-state index >= 15 is 0 Å². The highest BCUT2D eigenvalue weighted by molar-refractivity contribution is 5.70. The van der Waals surface area contributed by atoms with Crippen LogP contribution in [0.25, 0.3) is 0 Å². The topological polar surface area (TPSA) is 72.8 Å². The summed E-state index contributed by atoms with van der Waals surface area (Å²) in [5.41, 5.74) is -0.710. The molecule has 2 aliphatic rings. The number of carbonyl (C=O) groups is 1. The van der Waals surface area contributed by atoms with Gasteiger partial charge in [-0.15, -0.1) is 0 Å². The number of nitrogens with zero attached hydrogens (tertiary/aromatic N) is 1. The van der Waals surface area contributed by atoms with Gasteiger partial charge in [-0.3, -0.25) is 4.79 Å². The van der Waals surface area contributed by atoms with E-state index in [2.05, 4.69) is 24.2 Å². The van der Waals surface area contributed by atoms with Crippen LogP contribution in [0.2, 0.25) is 0 Å². The highest BCUT2D eigenvalue weighted by Crippen LogP contribution is 2.32. The average molecular weight is 284 g/mol. The minimum absolute atomic E-state index is 0.265. The molecule has 2 unspecified atom stereocenters. The first-order chi connectivity index (χ1) is 9.39. The minimum atomic E-state index is -0.718. The SMILES string of the molecule is CC1CC(NCC2(O)CCC(C(=O)O)CC2)CCN1C. The van der Waals surface area contributed by atoms with E-state index in [-0.39, 0.29) is 5.92 Å². The summed E-state index contributed by atoms with van der Waals surface area (Å²) in [5.74, 6) is -0.984. The maximum Gasteiger partial charge on any atom is 0.306 e. The number of carboxylic acids is 1. The molecule has 3 N–H and O–H groups in total. The number of rotatable bonds is 4. The van der Waals surface area contributed by atoms with Crippen LogP contribution in [-0.2, 0) is 4.79 Å². The van der Waals surface area contributed by atoms with Gasteiger partial charge in [0, 0.05) is 18.6 Å². The second kappa shape index (κ2) is 6.41. The Balaban J connectivity index is 1.75. The third-order valence-electron chi connectivity index (χ3n) is 5.19. The molecule has 5 nitrogen and oxygen atoms in total. The summed E-state index contributed by atoms with van der Waals surface area (Å²) in [5, 5.41) is 23.1. The summed E-state index contributed by atoms with van der Waals surface area (Å²) in [7, 11) is 2.15. The van der Waals surface area contributed by atoms with Crippen LogP contribution in [-0.4, -0.2) is 58.9 Å². The first kappa shape index (κ1) is 15.7. The van der Waals surface area contributed by atoms with Gasteiger partial charge in [0.05, 0.1) is 11.5 Å². The molecule has 0 aromatic heterocycles. The van der Waals surface area contributed by atoms with Crippen LogP contribution < -0.4 is 5.32 Å². The molecule has 0 aromatic carbocycles. The number of aliphatic hydroxyl groups is 1. The zero-order chi connectivity index (χ0) is 14.8. The standard InChI is InChI=1S/C15H28N2O3/c1-11-9-13(5-8-17(11)2)16-10-15(20)6-3-12(4-7-15)14(18)19/h11-13,16,20H,3-10H2,1-2H3,(H,18,19). The summed E-state index contributed by atoms with van der Waals surface area (Å²) in [4.78, 5) is 13.3. The summed E-state index contributed by atoms with van der Waals surface area (Å²) >= 11 is 0. The molecule has 0 spiro atoms. The van der Waals surface area contributed by atoms with Gasteiger partial charge in [0.25, 0.3) is 0 Å². The van der Waals surface area contributed by atoms with Crippen molar-refractivity contribution in [2.24, 2.45) is 5.92 Å². The van der Waals surface area contributed by atoms with Gasteiger partial charge < -0.3 is 20.4 Å². The van der Waals surface area contributed by atoms with Gasteiger partial charge in [-0.2, -0.15) is 0 Å². The molecule has 1 aliphatic heterocycles. The van der Waals surface area contributed by atoms with Crippen LogP contribution >= 0.6 is 0 Å². The van der Waals surface area contributed by atoms with E-state index in [0.717, 1.165) is 19.4 Å². The number of piperidine rings is 1. The number of aliphatic carboxylic acids is 1. The monoisotopic (exact) mass is 284 g/mol. The number of hydrogen-bond acceptors (Lipinski definition) is 4. The van der Waals surface area contributed by atoms with E-state index in [1.54, 1.807) is 0 Å². The lowest BCUT2D eigenvalue weighted by atomic mass is 9.78. The molecule has 1 aliphatic carbocycles. The largest absolute Gasteiger partial charge is 0.481 e. The van der Waals surface area contributed by atoms with Crippen molar-refractivity contribution in [1.82, 2.24) is 10.2 Å². The van der Waals surface area contributed by atoms with Gasteiger partial charge in [0.2, 0.25) is 0 Å². The molecule has 0 amide bonds. The lowest BCUT2D eigenvalue weighted by Crippen LogP contribution is -2.51. The van der Waals surface area contributed by atoms with Crippen molar-refractivity contribution in [1.29, 1.82) is 0 Å². The number of nitrogens with one attached hydrogen (secondary N) is 1. The molecule has 0 radical (unpaired) electrons. The minimum Gasteiger partial charge on any atom is -0.481 e. The molecule has 116 valence electrons. The Hall–Kier alpha value is -0.650. The molecule has 20 heavy (non-hydrogen) atoms. The summed E-state index contributed by atoms with van der Waals surface area (Å²) in [6, 6.07) is 1.06. The first-order valence-corrected chi connectivity index (χ1v) is 7.78. The van der Waals surface area contributed by atoms with Crippen molar-refractivity contribution < 1.29 is 15.0 Å². The van der Waals surface area contributed by atoms with Gasteiger partial charge >= 0.3 is 5.97 Å². The van der Waals surface area contributed by atoms with Crippen molar-refractivity contribution in [3.8, 4) is 0 Å². The molecule has 0 aromatic rings. The smallest absolute Gasteiger partial charge is 0.306 e. The lowest BCUT2D eigenvalue weighted by Gasteiger charge is -2.39. The molecule has 0 bridgehead atoms. The lowest BCUT2D eigenvalue weighted by molar-refractivity contribution is -0.144. The van der Waals surface area contributed by atoms with Crippen LogP contribution in [0, 0.1) is 5.92 Å². The van der Waals surface area contributed by atoms with Crippen molar-refractivity contribution in [2.45, 2.75) is 63.1 Å². The molecule has 1 saturated carbocycles. The second-order valence-corrected chi connectivity index (χ2v) is 6.77. The maximum absolute atomic E-state index is 10.9. The molecule has 2 fully saturated rings. The van der Waals surface area contributed by atoms with Gasteiger partial charge in [0.15, 0.2) is 0 Å². The van der Waals surface area contributed by atoms with Crippen molar-refractivity contribution >= 4 is 5.97 Å². The average Bonchev–Trinajstić information content (AvgIpc) is 2.41. The molecule has 1 saturated heterocycles. The summed E-state index contributed by atoms with van der Waals surface area (Å²) in [6.07, 6.45) is 4.62. The van der Waals surface area contributed by atoms with E-state index in [9.17, 15) is 9.90 Å². The quantitative estimate of drug-likeness (QED) is 0.720. The van der Waals surface area contributed by atoms with Crippen molar-refractivity contribution in [2.75, 3.05) is 20.1 Å². The van der Waals surface area contributed by atoms with E-state index in [1.165, 1.54) is 0 Å².